The maximum absolute atomic E-state index is 4.77. The van der Waals surface area contributed by atoms with Crippen LogP contribution in [0.3, 0.4) is 0 Å². The highest BCUT2D eigenvalue weighted by Crippen LogP contribution is 2.31. The number of H-pyrrole nitrogens is 2. The Balaban J connectivity index is 1.20. The van der Waals surface area contributed by atoms with Gasteiger partial charge in [0.05, 0.1) is 23.2 Å². The van der Waals surface area contributed by atoms with Gasteiger partial charge in [-0.15, -0.1) is 0 Å². The molecule has 5 aromatic heterocycles. The minimum Gasteiger partial charge on any atom is -0.333 e. The number of fused-ring (bicyclic) bond motifs is 2. The SMILES string of the molecule is Cc1cn(-c2ccnc3nc(-c4n[nH]c5ccc(-c6cncc(CNCc7ccccc7)c6)cc45)[nH]c23)cn1. The molecule has 7 aromatic rings. The zero-order valence-corrected chi connectivity index (χ0v) is 21.3. The van der Waals surface area contributed by atoms with E-state index in [1.807, 2.05) is 48.3 Å². The summed E-state index contributed by atoms with van der Waals surface area (Å²) in [6, 6.07) is 20.8. The summed E-state index contributed by atoms with van der Waals surface area (Å²) in [5.41, 5.74) is 9.50. The molecule has 0 radical (unpaired) electrons. The largest absolute Gasteiger partial charge is 0.333 e. The summed E-state index contributed by atoms with van der Waals surface area (Å²) in [5, 5.41) is 12.2. The fourth-order valence-electron chi connectivity index (χ4n) is 4.84. The third kappa shape index (κ3) is 4.45. The number of aryl methyl sites for hydroxylation is 1. The first kappa shape index (κ1) is 23.0. The Labute approximate surface area is 224 Å². The van der Waals surface area contributed by atoms with Gasteiger partial charge in [-0.1, -0.05) is 36.4 Å². The van der Waals surface area contributed by atoms with Crippen LogP contribution in [0.2, 0.25) is 0 Å². The normalized spacial score (nSPS) is 11.5. The predicted octanol–water partition coefficient (Wildman–Crippen LogP) is 5.35. The first-order chi connectivity index (χ1) is 19.2. The van der Waals surface area contributed by atoms with Crippen LogP contribution >= 0.6 is 0 Å². The molecule has 9 heteroatoms. The van der Waals surface area contributed by atoms with Crippen LogP contribution in [0.1, 0.15) is 16.8 Å². The fraction of sp³-hybridized carbons (Fsp3) is 0.100. The highest BCUT2D eigenvalue weighted by atomic mass is 15.1. The van der Waals surface area contributed by atoms with Crippen molar-refractivity contribution in [3.05, 3.63) is 109 Å². The van der Waals surface area contributed by atoms with E-state index in [0.29, 0.717) is 11.5 Å². The number of benzene rings is 2. The van der Waals surface area contributed by atoms with Crippen molar-refractivity contribution in [3.63, 3.8) is 0 Å². The van der Waals surface area contributed by atoms with Crippen LogP contribution in [0.25, 0.3) is 50.4 Å². The maximum Gasteiger partial charge on any atom is 0.180 e. The molecular weight excluding hydrogens is 486 g/mol. The Hall–Kier alpha value is -5.15. The zero-order chi connectivity index (χ0) is 26.2. The second-order valence-corrected chi connectivity index (χ2v) is 9.54. The summed E-state index contributed by atoms with van der Waals surface area (Å²) in [6.07, 6.45) is 9.33. The van der Waals surface area contributed by atoms with Gasteiger partial charge in [0.15, 0.2) is 11.5 Å². The molecule has 0 saturated heterocycles. The minimum absolute atomic E-state index is 0.626. The minimum atomic E-state index is 0.626. The fourth-order valence-corrected chi connectivity index (χ4v) is 4.84. The second kappa shape index (κ2) is 9.62. The summed E-state index contributed by atoms with van der Waals surface area (Å²) in [7, 11) is 0. The number of imidazole rings is 2. The molecule has 0 saturated carbocycles. The van der Waals surface area contributed by atoms with E-state index in [0.717, 1.165) is 63.3 Å². The van der Waals surface area contributed by atoms with Gasteiger partial charge in [0.1, 0.15) is 11.2 Å². The van der Waals surface area contributed by atoms with Gasteiger partial charge >= 0.3 is 0 Å². The molecule has 0 bridgehead atoms. The Kier molecular flexibility index (Phi) is 5.68. The second-order valence-electron chi connectivity index (χ2n) is 9.54. The van der Waals surface area contributed by atoms with Crippen LogP contribution < -0.4 is 5.32 Å². The van der Waals surface area contributed by atoms with Gasteiger partial charge < -0.3 is 14.9 Å². The molecule has 0 spiro atoms. The van der Waals surface area contributed by atoms with Gasteiger partial charge in [-0.3, -0.25) is 10.1 Å². The third-order valence-electron chi connectivity index (χ3n) is 6.78. The number of aromatic amines is 2. The lowest BCUT2D eigenvalue weighted by atomic mass is 10.0. The van der Waals surface area contributed by atoms with E-state index in [4.69, 9.17) is 4.98 Å². The van der Waals surface area contributed by atoms with Gasteiger partial charge in [-0.05, 0) is 47.9 Å². The van der Waals surface area contributed by atoms with Crippen molar-refractivity contribution in [2.45, 2.75) is 20.0 Å². The van der Waals surface area contributed by atoms with Crippen molar-refractivity contribution in [1.82, 2.24) is 45.0 Å². The molecule has 2 aromatic carbocycles. The highest BCUT2D eigenvalue weighted by Gasteiger charge is 2.16. The van der Waals surface area contributed by atoms with Gasteiger partial charge in [-0.2, -0.15) is 5.10 Å². The van der Waals surface area contributed by atoms with Crippen molar-refractivity contribution < 1.29 is 0 Å². The Morgan fingerprint density at radius 1 is 0.897 bits per heavy atom. The van der Waals surface area contributed by atoms with E-state index >= 15 is 0 Å². The summed E-state index contributed by atoms with van der Waals surface area (Å²) in [6.45, 7) is 3.51. The topological polar surface area (TPSA) is 113 Å². The molecule has 7 rings (SSSR count). The standard InChI is InChI=1S/C30H25N9/c1-19-17-39(18-34-19)26-9-10-33-29-28(26)35-30(36-29)27-24-12-22(7-8-25(24)37-38-27)23-11-21(15-32-16-23)14-31-13-20-5-3-2-4-6-20/h2-12,15-18,31H,13-14H2,1H3,(H,37,38)(H,33,35,36). The van der Waals surface area contributed by atoms with Gasteiger partial charge in [0.2, 0.25) is 0 Å². The Morgan fingerprint density at radius 3 is 2.67 bits per heavy atom. The molecule has 0 aliphatic heterocycles. The lowest BCUT2D eigenvalue weighted by Gasteiger charge is -2.07. The number of hydrogen-bond donors (Lipinski definition) is 3. The molecular formula is C30H25N9. The average Bonchev–Trinajstić information content (AvgIpc) is 3.71. The molecule has 9 nitrogen and oxygen atoms in total. The number of aromatic nitrogens is 8. The first-order valence-corrected chi connectivity index (χ1v) is 12.7. The average molecular weight is 512 g/mol. The third-order valence-corrected chi connectivity index (χ3v) is 6.78. The van der Waals surface area contributed by atoms with Crippen LogP contribution in [-0.2, 0) is 13.1 Å². The van der Waals surface area contributed by atoms with Crippen LogP contribution in [0, 0.1) is 6.92 Å². The number of hydrogen-bond acceptors (Lipinski definition) is 6. The molecule has 3 N–H and O–H groups in total. The predicted molar refractivity (Wildman–Crippen MR) is 151 cm³/mol. The first-order valence-electron chi connectivity index (χ1n) is 12.7. The summed E-state index contributed by atoms with van der Waals surface area (Å²) >= 11 is 0. The molecule has 0 atom stereocenters. The molecule has 0 aliphatic rings. The van der Waals surface area contributed by atoms with E-state index in [2.05, 4.69) is 77.9 Å². The van der Waals surface area contributed by atoms with Crippen LogP contribution in [-0.4, -0.2) is 39.7 Å². The van der Waals surface area contributed by atoms with Crippen LogP contribution in [0.4, 0.5) is 0 Å². The van der Waals surface area contributed by atoms with Gasteiger partial charge in [0.25, 0.3) is 0 Å². The Bertz CT molecular complexity index is 1910. The summed E-state index contributed by atoms with van der Waals surface area (Å²) in [4.78, 5) is 21.6. The van der Waals surface area contributed by atoms with E-state index in [9.17, 15) is 0 Å². The van der Waals surface area contributed by atoms with Crippen molar-refractivity contribution in [1.29, 1.82) is 0 Å². The van der Waals surface area contributed by atoms with Crippen LogP contribution in [0.5, 0.6) is 0 Å². The summed E-state index contributed by atoms with van der Waals surface area (Å²) in [5.74, 6) is 0.655. The van der Waals surface area contributed by atoms with Crippen molar-refractivity contribution >= 4 is 22.1 Å². The lowest BCUT2D eigenvalue weighted by Crippen LogP contribution is -2.12. The molecule has 0 fully saturated rings. The molecule has 5 heterocycles. The van der Waals surface area contributed by atoms with E-state index in [-0.39, 0.29) is 0 Å². The number of pyridine rings is 2. The van der Waals surface area contributed by atoms with Crippen molar-refractivity contribution in [2.24, 2.45) is 0 Å². The number of nitrogens with zero attached hydrogens (tertiary/aromatic N) is 6. The lowest BCUT2D eigenvalue weighted by molar-refractivity contribution is 0.691. The van der Waals surface area contributed by atoms with E-state index < -0.39 is 0 Å². The monoisotopic (exact) mass is 511 g/mol. The molecule has 39 heavy (non-hydrogen) atoms. The van der Waals surface area contributed by atoms with E-state index in [1.54, 1.807) is 12.5 Å². The van der Waals surface area contributed by atoms with Crippen molar-refractivity contribution in [2.75, 3.05) is 0 Å². The van der Waals surface area contributed by atoms with Crippen molar-refractivity contribution in [3.8, 4) is 28.3 Å². The zero-order valence-electron chi connectivity index (χ0n) is 21.3. The van der Waals surface area contributed by atoms with Crippen LogP contribution in [0.15, 0.2) is 91.8 Å². The smallest absolute Gasteiger partial charge is 0.180 e. The number of rotatable bonds is 7. The molecule has 190 valence electrons. The highest BCUT2D eigenvalue weighted by molar-refractivity contribution is 5.96. The van der Waals surface area contributed by atoms with Gasteiger partial charge in [0, 0.05) is 48.8 Å². The Morgan fingerprint density at radius 2 is 1.79 bits per heavy atom. The molecule has 0 aliphatic carbocycles. The maximum atomic E-state index is 4.77. The molecule has 0 unspecified atom stereocenters. The van der Waals surface area contributed by atoms with Gasteiger partial charge in [-0.25, -0.2) is 15.0 Å². The summed E-state index contributed by atoms with van der Waals surface area (Å²) < 4.78 is 1.97. The van der Waals surface area contributed by atoms with E-state index in [1.165, 1.54) is 5.56 Å². The molecule has 0 amide bonds. The quantitative estimate of drug-likeness (QED) is 0.266. The number of nitrogens with one attached hydrogen (secondary N) is 3.